The Morgan fingerprint density at radius 3 is 2.41 bits per heavy atom. The Morgan fingerprint density at radius 2 is 1.68 bits per heavy atom. The van der Waals surface area contributed by atoms with Gasteiger partial charge in [0.05, 0.1) is 36.8 Å². The number of nitrogens with one attached hydrogen (secondary N) is 1. The number of hydrogen-bond acceptors (Lipinski definition) is 11. The Kier molecular flexibility index (Phi) is 13.2. The summed E-state index contributed by atoms with van der Waals surface area (Å²) in [6.07, 6.45) is 24.3. The number of imidazole rings is 1. The zero-order valence-electron chi connectivity index (χ0n) is 44.2. The summed E-state index contributed by atoms with van der Waals surface area (Å²) in [7, 11) is 3.92. The van der Waals surface area contributed by atoms with Gasteiger partial charge in [-0.25, -0.2) is 4.98 Å². The number of allylic oxidation sites excluding steroid dienone is 3. The molecule has 8 fully saturated rings. The van der Waals surface area contributed by atoms with E-state index in [0.29, 0.717) is 35.7 Å². The number of aliphatic hydroxyl groups is 6. The van der Waals surface area contributed by atoms with Crippen molar-refractivity contribution in [2.24, 2.45) is 85.6 Å². The largest absolute Gasteiger partial charge is 0.396 e. The Labute approximate surface area is 442 Å². The Hall–Kier alpha value is -2.17. The van der Waals surface area contributed by atoms with E-state index < -0.39 is 57.6 Å². The molecule has 1 saturated heterocycles. The first-order valence-electron chi connectivity index (χ1n) is 29.0. The van der Waals surface area contributed by atoms with E-state index in [0.717, 1.165) is 76.4 Å². The average Bonchev–Trinajstić information content (AvgIpc) is 4.12. The number of guanidine groups is 1. The summed E-state index contributed by atoms with van der Waals surface area (Å²) in [5.41, 5.74) is 10.0. The molecule has 11 aliphatic rings. The molecule has 10 aliphatic carbocycles. The highest BCUT2D eigenvalue weighted by atomic mass is 33.1. The number of fused-ring (bicyclic) bond motifs is 15. The SMILES string of the molecule is CC(O)NC(N)=NCC1CC2(CO)C3CC(C4(CCCCC4)SSCC(n4ccnc4)CC(C)(C)C4=C5CCCC6(CCCC6)C5C5=C6C(CCC5)CC3C(O)C64)C2(O)C2=CC(=O)C3CC(O)C(O)CC3(C)C21. The molecule has 402 valence electrons. The summed E-state index contributed by atoms with van der Waals surface area (Å²) in [6, 6.07) is 0.138. The Morgan fingerprint density at radius 1 is 0.945 bits per heavy atom. The van der Waals surface area contributed by atoms with E-state index >= 15 is 9.90 Å². The van der Waals surface area contributed by atoms with Crippen LogP contribution < -0.4 is 11.1 Å². The first-order valence-corrected chi connectivity index (χ1v) is 31.4. The number of aromatic nitrogens is 2. The summed E-state index contributed by atoms with van der Waals surface area (Å²) in [5.74, 6) is -0.726. The zero-order chi connectivity index (χ0) is 51.0. The van der Waals surface area contributed by atoms with Gasteiger partial charge in [-0.15, -0.1) is 0 Å². The minimum atomic E-state index is -1.63. The maximum atomic E-state index is 15.1. The second kappa shape index (κ2) is 18.8. The van der Waals surface area contributed by atoms with Crippen LogP contribution in [0.15, 0.2) is 57.7 Å². The summed E-state index contributed by atoms with van der Waals surface area (Å²) < 4.78 is 1.94. The number of nitrogens with two attached hydrogens (primary N) is 1. The summed E-state index contributed by atoms with van der Waals surface area (Å²) in [6.45, 7) is 8.60. The smallest absolute Gasteiger partial charge is 0.190 e. The molecule has 9 N–H and O–H groups in total. The Bertz CT molecular complexity index is 2420. The van der Waals surface area contributed by atoms with E-state index in [9.17, 15) is 25.5 Å². The van der Waals surface area contributed by atoms with Crippen LogP contribution in [0.5, 0.6) is 0 Å². The quantitative estimate of drug-likeness (QED) is 0.0459. The highest BCUT2D eigenvalue weighted by Crippen LogP contribution is 2.77. The molecule has 0 aromatic carbocycles. The van der Waals surface area contributed by atoms with E-state index in [1.807, 2.05) is 34.1 Å². The van der Waals surface area contributed by atoms with Crippen LogP contribution in [-0.4, -0.2) is 106 Å². The van der Waals surface area contributed by atoms with Crippen LogP contribution in [0.1, 0.15) is 169 Å². The number of rotatable bonds is 5. The molecule has 0 radical (unpaired) electrons. The third-order valence-corrected chi connectivity index (χ3v) is 26.5. The lowest BCUT2D eigenvalue weighted by Gasteiger charge is -2.65. The summed E-state index contributed by atoms with van der Waals surface area (Å²) >= 11 is 0. The standard InChI is InChI=1S/C59H87N5O7S2/c1-33(66)63-53(60)62-29-35-26-57(31-65)40-25-46(59(57,71)42-24-43(67)41-23-44(68)45(69)28-55(41,4)49(35)42)58(18-6-5-7-19-58)73-72-30-36(64-21-20-61-32-64)27-54(2,3)51-38-14-11-17-56(15-8-9-16-56)50(38)37-13-10-12-34-22-39(40)52(70)48(51)47(34)37/h20-21,24,32-36,39-41,44-46,48-50,52,65-66,68-71H,5-19,22-23,25-31H2,1-4H3,(H3,60,62,63). The van der Waals surface area contributed by atoms with Gasteiger partial charge in [0.2, 0.25) is 0 Å². The molecule has 2 heterocycles. The number of aliphatic hydroxyl groups excluding tert-OH is 5. The van der Waals surface area contributed by atoms with Gasteiger partial charge in [-0.05, 0) is 167 Å². The highest BCUT2D eigenvalue weighted by molar-refractivity contribution is 8.77. The normalized spacial score (nSPS) is 45.2. The molecule has 1 aromatic rings. The molecular weight excluding hydrogens is 955 g/mol. The van der Waals surface area contributed by atoms with Crippen molar-refractivity contribution in [2.45, 2.75) is 203 Å². The molecule has 2 spiro atoms. The highest BCUT2D eigenvalue weighted by Gasteiger charge is 2.77. The predicted molar refractivity (Wildman–Crippen MR) is 288 cm³/mol. The van der Waals surface area contributed by atoms with Crippen LogP contribution in [0.2, 0.25) is 0 Å². The number of nitrogens with zero attached hydrogens (tertiary/aromatic N) is 3. The first kappa shape index (κ1) is 51.6. The molecule has 4 bridgehead atoms. The van der Waals surface area contributed by atoms with Gasteiger partial charge < -0.3 is 46.3 Å². The minimum absolute atomic E-state index is 0.0954. The third kappa shape index (κ3) is 7.73. The molecule has 0 amide bonds. The van der Waals surface area contributed by atoms with Crippen LogP contribution in [0.3, 0.4) is 0 Å². The molecule has 1 aliphatic heterocycles. The van der Waals surface area contributed by atoms with E-state index in [1.165, 1.54) is 44.1 Å². The van der Waals surface area contributed by atoms with Crippen molar-refractivity contribution in [3.8, 4) is 0 Å². The molecule has 1 aromatic heterocycles. The zero-order valence-corrected chi connectivity index (χ0v) is 45.8. The number of carbonyl (C=O) groups excluding carboxylic acids is 1. The lowest BCUT2D eigenvalue weighted by Crippen LogP contribution is -2.68. The maximum Gasteiger partial charge on any atom is 0.190 e. The van der Waals surface area contributed by atoms with Crippen LogP contribution in [0.25, 0.3) is 0 Å². The van der Waals surface area contributed by atoms with Crippen molar-refractivity contribution < 1.29 is 35.4 Å². The van der Waals surface area contributed by atoms with Gasteiger partial charge in [-0.3, -0.25) is 9.79 Å². The van der Waals surface area contributed by atoms with Crippen LogP contribution in [0.4, 0.5) is 0 Å². The number of aliphatic imine (C=N–C) groups is 1. The van der Waals surface area contributed by atoms with Crippen molar-refractivity contribution >= 4 is 33.3 Å². The number of hydrogen-bond donors (Lipinski definition) is 8. The number of ketones is 1. The van der Waals surface area contributed by atoms with Crippen molar-refractivity contribution in [3.05, 3.63) is 52.7 Å². The molecular formula is C59H87N5O7S2. The predicted octanol–water partition coefficient (Wildman–Crippen LogP) is 8.57. The van der Waals surface area contributed by atoms with Gasteiger partial charge in [-0.1, -0.05) is 96.8 Å². The van der Waals surface area contributed by atoms with Crippen LogP contribution in [-0.2, 0) is 4.79 Å². The first-order chi connectivity index (χ1) is 34.9. The van der Waals surface area contributed by atoms with Gasteiger partial charge in [0.15, 0.2) is 11.7 Å². The van der Waals surface area contributed by atoms with E-state index in [2.05, 4.69) is 41.8 Å². The van der Waals surface area contributed by atoms with Crippen LogP contribution >= 0.6 is 21.6 Å². The van der Waals surface area contributed by atoms with E-state index in [1.54, 1.807) is 29.7 Å². The molecule has 73 heavy (non-hydrogen) atoms. The summed E-state index contributed by atoms with van der Waals surface area (Å²) in [5, 5.41) is 78.2. The van der Waals surface area contributed by atoms with Crippen molar-refractivity contribution in [3.63, 3.8) is 0 Å². The summed E-state index contributed by atoms with van der Waals surface area (Å²) in [4.78, 5) is 24.7. The van der Waals surface area contributed by atoms with Gasteiger partial charge in [0.25, 0.3) is 0 Å². The molecule has 14 heteroatoms. The lowest BCUT2D eigenvalue weighted by molar-refractivity contribution is -0.189. The third-order valence-electron chi connectivity index (χ3n) is 23.1. The lowest BCUT2D eigenvalue weighted by atomic mass is 9.41. The van der Waals surface area contributed by atoms with Crippen molar-refractivity contribution in [1.29, 1.82) is 0 Å². The van der Waals surface area contributed by atoms with E-state index in [-0.39, 0.29) is 78.8 Å². The van der Waals surface area contributed by atoms with Crippen LogP contribution in [0, 0.1) is 74.9 Å². The van der Waals surface area contributed by atoms with Gasteiger partial charge >= 0.3 is 0 Å². The molecule has 12 nitrogen and oxygen atoms in total. The Balaban J connectivity index is 1.09. The van der Waals surface area contributed by atoms with Gasteiger partial charge in [-0.2, -0.15) is 0 Å². The molecule has 12 rings (SSSR count). The maximum absolute atomic E-state index is 15.1. The number of carbonyl (C=O) groups is 1. The second-order valence-electron chi connectivity index (χ2n) is 27.1. The van der Waals surface area contributed by atoms with Crippen molar-refractivity contribution in [1.82, 2.24) is 14.9 Å². The molecule has 7 saturated carbocycles. The molecule has 17 atom stereocenters. The monoisotopic (exact) mass is 1040 g/mol. The minimum Gasteiger partial charge on any atom is -0.396 e. The second-order valence-corrected chi connectivity index (χ2v) is 29.8. The molecule has 17 unspecified atom stereocenters. The fourth-order valence-electron chi connectivity index (χ4n) is 20.7. The van der Waals surface area contributed by atoms with E-state index in [4.69, 9.17) is 10.7 Å². The van der Waals surface area contributed by atoms with Crippen molar-refractivity contribution in [2.75, 3.05) is 18.9 Å². The topological polar surface area (TPSA) is 207 Å². The fraction of sp³-hybridized carbons (Fsp3) is 0.814. The van der Waals surface area contributed by atoms with Gasteiger partial charge in [0, 0.05) is 64.6 Å². The fourth-order valence-corrected chi connectivity index (χ4v) is 24.5. The van der Waals surface area contributed by atoms with Gasteiger partial charge in [0.1, 0.15) is 6.23 Å². The average molecular weight is 1040 g/mol.